The summed E-state index contributed by atoms with van der Waals surface area (Å²) < 4.78 is 32.8. The van der Waals surface area contributed by atoms with Gasteiger partial charge < -0.3 is 15.1 Å². The fourth-order valence-corrected chi connectivity index (χ4v) is 3.74. The highest BCUT2D eigenvalue weighted by molar-refractivity contribution is 14.0. The number of aromatic nitrogens is 1. The maximum absolute atomic E-state index is 13.8. The Labute approximate surface area is 206 Å². The summed E-state index contributed by atoms with van der Waals surface area (Å²) in [6.07, 6.45) is 2.55. The van der Waals surface area contributed by atoms with E-state index in [1.807, 2.05) is 20.8 Å². The largest absolute Gasteiger partial charge is 0.444 e. The number of hydrogen-bond acceptors (Lipinski definition) is 4. The molecule has 2 heterocycles. The molecule has 3 rings (SSSR count). The van der Waals surface area contributed by atoms with Gasteiger partial charge in [-0.05, 0) is 82.8 Å². The highest BCUT2D eigenvalue weighted by Gasteiger charge is 2.21. The molecule has 6 nitrogen and oxygen atoms in total. The number of aryl methyl sites for hydroxylation is 2. The van der Waals surface area contributed by atoms with Crippen molar-refractivity contribution in [2.75, 3.05) is 32.7 Å². The van der Waals surface area contributed by atoms with E-state index in [9.17, 15) is 8.78 Å². The van der Waals surface area contributed by atoms with E-state index in [-0.39, 0.29) is 29.8 Å². The van der Waals surface area contributed by atoms with E-state index in [0.29, 0.717) is 30.4 Å². The van der Waals surface area contributed by atoms with Crippen molar-refractivity contribution in [3.63, 3.8) is 0 Å². The second-order valence-electron chi connectivity index (χ2n) is 8.10. The minimum atomic E-state index is -0.420. The maximum atomic E-state index is 13.8. The van der Waals surface area contributed by atoms with Crippen molar-refractivity contribution in [3.05, 3.63) is 52.7 Å². The summed E-state index contributed by atoms with van der Waals surface area (Å²) in [5, 5.41) is 6.45. The number of piperidine rings is 1. The number of nitrogens with zero attached hydrogens (tertiary/aromatic N) is 3. The standard InChI is InChI=1S/C23H33F2N5O.HI/c1-4-26-23(27-10-7-19-13-20(24)5-6-21(19)25)28-14-18-8-11-30(12-9-18)15-22-29-16(2)17(3)31-22;/h5-6,13,18H,4,7-12,14-15H2,1-3H3,(H2,26,27,28);1H. The molecule has 0 atom stereocenters. The maximum Gasteiger partial charge on any atom is 0.208 e. The van der Waals surface area contributed by atoms with E-state index in [4.69, 9.17) is 9.41 Å². The Balaban J connectivity index is 0.00000363. The molecule has 178 valence electrons. The second kappa shape index (κ2) is 13.1. The van der Waals surface area contributed by atoms with Crippen LogP contribution in [0.2, 0.25) is 0 Å². The molecule has 0 amide bonds. The molecule has 1 aliphatic heterocycles. The lowest BCUT2D eigenvalue weighted by molar-refractivity contribution is 0.166. The van der Waals surface area contributed by atoms with Gasteiger partial charge in [-0.3, -0.25) is 9.89 Å². The number of hydrogen-bond donors (Lipinski definition) is 2. The number of rotatable bonds is 8. The average molecular weight is 561 g/mol. The molecule has 1 aromatic carbocycles. The number of aliphatic imine (C=N–C) groups is 1. The quantitative estimate of drug-likeness (QED) is 0.288. The monoisotopic (exact) mass is 561 g/mol. The summed E-state index contributed by atoms with van der Waals surface area (Å²) in [7, 11) is 0. The van der Waals surface area contributed by atoms with E-state index < -0.39 is 5.82 Å². The van der Waals surface area contributed by atoms with Crippen LogP contribution >= 0.6 is 24.0 Å². The Morgan fingerprint density at radius 3 is 2.62 bits per heavy atom. The van der Waals surface area contributed by atoms with Gasteiger partial charge in [-0.2, -0.15) is 0 Å². The Hall–Kier alpha value is -1.75. The molecule has 1 saturated heterocycles. The SMILES string of the molecule is CCNC(=NCC1CCN(Cc2nc(C)c(C)o2)CC1)NCCc1cc(F)ccc1F.I. The van der Waals surface area contributed by atoms with Crippen molar-refractivity contribution >= 4 is 29.9 Å². The third-order valence-electron chi connectivity index (χ3n) is 5.69. The summed E-state index contributed by atoms with van der Waals surface area (Å²) in [5.41, 5.74) is 1.33. The van der Waals surface area contributed by atoms with Gasteiger partial charge in [0.2, 0.25) is 5.89 Å². The molecule has 0 saturated carbocycles. The van der Waals surface area contributed by atoms with Crippen LogP contribution < -0.4 is 10.6 Å². The Kier molecular flexibility index (Phi) is 10.8. The van der Waals surface area contributed by atoms with Gasteiger partial charge >= 0.3 is 0 Å². The summed E-state index contributed by atoms with van der Waals surface area (Å²) >= 11 is 0. The normalized spacial score (nSPS) is 15.5. The third-order valence-corrected chi connectivity index (χ3v) is 5.69. The Morgan fingerprint density at radius 1 is 1.22 bits per heavy atom. The highest BCUT2D eigenvalue weighted by Crippen LogP contribution is 2.20. The number of halogens is 3. The predicted octanol–water partition coefficient (Wildman–Crippen LogP) is 4.20. The molecule has 0 unspecified atom stereocenters. The van der Waals surface area contributed by atoms with Gasteiger partial charge in [0.1, 0.15) is 17.4 Å². The summed E-state index contributed by atoms with van der Waals surface area (Å²) in [5.74, 6) is 2.12. The fraction of sp³-hybridized carbons (Fsp3) is 0.565. The molecular weight excluding hydrogens is 527 g/mol. The first-order chi connectivity index (χ1) is 14.9. The first kappa shape index (κ1) is 26.5. The minimum Gasteiger partial charge on any atom is -0.444 e. The van der Waals surface area contributed by atoms with Gasteiger partial charge in [0.15, 0.2) is 5.96 Å². The number of benzene rings is 1. The summed E-state index contributed by atoms with van der Waals surface area (Å²) in [6.45, 7) is 10.7. The van der Waals surface area contributed by atoms with Gasteiger partial charge in [0, 0.05) is 19.6 Å². The molecule has 0 bridgehead atoms. The van der Waals surface area contributed by atoms with Crippen LogP contribution in [0, 0.1) is 31.4 Å². The van der Waals surface area contributed by atoms with Crippen molar-refractivity contribution in [2.24, 2.45) is 10.9 Å². The average Bonchev–Trinajstić information content (AvgIpc) is 3.06. The van der Waals surface area contributed by atoms with Crippen LogP contribution in [0.1, 0.15) is 42.7 Å². The van der Waals surface area contributed by atoms with Gasteiger partial charge in [-0.1, -0.05) is 0 Å². The lowest BCUT2D eigenvalue weighted by Gasteiger charge is -2.30. The van der Waals surface area contributed by atoms with Gasteiger partial charge in [-0.25, -0.2) is 13.8 Å². The van der Waals surface area contributed by atoms with Crippen LogP contribution in [-0.2, 0) is 13.0 Å². The topological polar surface area (TPSA) is 65.7 Å². The molecule has 2 N–H and O–H groups in total. The van der Waals surface area contributed by atoms with E-state index in [1.54, 1.807) is 0 Å². The first-order valence-corrected chi connectivity index (χ1v) is 11.1. The van der Waals surface area contributed by atoms with Crippen molar-refractivity contribution < 1.29 is 13.2 Å². The first-order valence-electron chi connectivity index (χ1n) is 11.1. The Bertz CT molecular complexity index is 862. The van der Waals surface area contributed by atoms with Gasteiger partial charge in [0.05, 0.1) is 12.2 Å². The van der Waals surface area contributed by atoms with E-state index in [2.05, 4.69) is 20.5 Å². The highest BCUT2D eigenvalue weighted by atomic mass is 127. The molecule has 9 heteroatoms. The second-order valence-corrected chi connectivity index (χ2v) is 8.10. The summed E-state index contributed by atoms with van der Waals surface area (Å²) in [6, 6.07) is 3.55. The van der Waals surface area contributed by atoms with E-state index in [0.717, 1.165) is 69.0 Å². The molecule has 2 aromatic rings. The lowest BCUT2D eigenvalue weighted by Crippen LogP contribution is -2.39. The molecular formula is C23H34F2IN5O. The predicted molar refractivity (Wildman–Crippen MR) is 133 cm³/mol. The number of likely N-dealkylation sites (tertiary alicyclic amines) is 1. The Morgan fingerprint density at radius 2 is 1.97 bits per heavy atom. The molecule has 1 aromatic heterocycles. The molecule has 0 aliphatic carbocycles. The summed E-state index contributed by atoms with van der Waals surface area (Å²) in [4.78, 5) is 11.6. The smallest absolute Gasteiger partial charge is 0.208 e. The van der Waals surface area contributed by atoms with Crippen molar-refractivity contribution in [3.8, 4) is 0 Å². The minimum absolute atomic E-state index is 0. The third kappa shape index (κ3) is 7.99. The zero-order valence-corrected chi connectivity index (χ0v) is 21.4. The van der Waals surface area contributed by atoms with Crippen LogP contribution in [0.25, 0.3) is 0 Å². The van der Waals surface area contributed by atoms with Gasteiger partial charge in [-0.15, -0.1) is 24.0 Å². The molecule has 1 aliphatic rings. The zero-order chi connectivity index (χ0) is 22.2. The molecule has 1 fully saturated rings. The van der Waals surface area contributed by atoms with Crippen LogP contribution in [0.4, 0.5) is 8.78 Å². The van der Waals surface area contributed by atoms with Crippen LogP contribution in [0.15, 0.2) is 27.6 Å². The molecule has 0 spiro atoms. The van der Waals surface area contributed by atoms with Crippen molar-refractivity contribution in [1.29, 1.82) is 0 Å². The molecule has 32 heavy (non-hydrogen) atoms. The lowest BCUT2D eigenvalue weighted by atomic mass is 9.97. The van der Waals surface area contributed by atoms with Gasteiger partial charge in [0.25, 0.3) is 0 Å². The number of guanidine groups is 1. The molecule has 0 radical (unpaired) electrons. The number of nitrogens with one attached hydrogen (secondary N) is 2. The van der Waals surface area contributed by atoms with Crippen molar-refractivity contribution in [2.45, 2.75) is 46.6 Å². The van der Waals surface area contributed by atoms with E-state index >= 15 is 0 Å². The van der Waals surface area contributed by atoms with Crippen LogP contribution in [0.5, 0.6) is 0 Å². The zero-order valence-electron chi connectivity index (χ0n) is 19.1. The van der Waals surface area contributed by atoms with Crippen molar-refractivity contribution in [1.82, 2.24) is 20.5 Å². The fourth-order valence-electron chi connectivity index (χ4n) is 3.74. The van der Waals surface area contributed by atoms with Crippen LogP contribution in [-0.4, -0.2) is 48.6 Å². The van der Waals surface area contributed by atoms with E-state index in [1.165, 1.54) is 12.1 Å². The number of oxazole rings is 1. The van der Waals surface area contributed by atoms with Crippen LogP contribution in [0.3, 0.4) is 0 Å².